The first-order chi connectivity index (χ1) is 12.2. The zero-order chi connectivity index (χ0) is 17.6. The molecule has 3 heterocycles. The van der Waals surface area contributed by atoms with Gasteiger partial charge in [0.25, 0.3) is 5.56 Å². The van der Waals surface area contributed by atoms with Crippen molar-refractivity contribution < 1.29 is 13.9 Å². The second-order valence-electron chi connectivity index (χ2n) is 5.73. The SMILES string of the molecule is CCOCCCNC(=O)CCCn1ncn2c(cc3occc32)c1=O. The Morgan fingerprint density at radius 3 is 3.08 bits per heavy atom. The van der Waals surface area contributed by atoms with Gasteiger partial charge in [-0.1, -0.05) is 0 Å². The fraction of sp³-hybridized carbons (Fsp3) is 0.471. The molecule has 0 bridgehead atoms. The van der Waals surface area contributed by atoms with E-state index in [4.69, 9.17) is 9.15 Å². The Balaban J connectivity index is 1.52. The highest BCUT2D eigenvalue weighted by molar-refractivity contribution is 5.81. The minimum Gasteiger partial charge on any atom is -0.463 e. The van der Waals surface area contributed by atoms with E-state index in [0.717, 1.165) is 11.9 Å². The number of nitrogens with zero attached hydrogens (tertiary/aromatic N) is 3. The van der Waals surface area contributed by atoms with Gasteiger partial charge >= 0.3 is 0 Å². The number of hydrogen-bond donors (Lipinski definition) is 1. The maximum Gasteiger partial charge on any atom is 0.291 e. The molecule has 1 amide bonds. The highest BCUT2D eigenvalue weighted by atomic mass is 16.5. The molecule has 0 atom stereocenters. The summed E-state index contributed by atoms with van der Waals surface area (Å²) in [6.45, 7) is 4.28. The summed E-state index contributed by atoms with van der Waals surface area (Å²) in [5, 5.41) is 7.02. The van der Waals surface area contributed by atoms with Crippen molar-refractivity contribution in [3.8, 4) is 0 Å². The zero-order valence-corrected chi connectivity index (χ0v) is 14.2. The Morgan fingerprint density at radius 2 is 2.24 bits per heavy atom. The number of aromatic nitrogens is 3. The van der Waals surface area contributed by atoms with E-state index in [1.807, 2.05) is 6.92 Å². The van der Waals surface area contributed by atoms with E-state index in [1.165, 1.54) is 4.68 Å². The number of carbonyl (C=O) groups excluding carboxylic acids is 1. The van der Waals surface area contributed by atoms with Crippen molar-refractivity contribution in [2.45, 2.75) is 32.7 Å². The molecular weight excluding hydrogens is 324 g/mol. The van der Waals surface area contributed by atoms with Gasteiger partial charge in [-0.05, 0) is 19.8 Å². The first-order valence-corrected chi connectivity index (χ1v) is 8.49. The third-order valence-electron chi connectivity index (χ3n) is 3.99. The maximum absolute atomic E-state index is 12.5. The van der Waals surface area contributed by atoms with E-state index in [2.05, 4.69) is 10.4 Å². The van der Waals surface area contributed by atoms with Gasteiger partial charge in [-0.25, -0.2) is 4.68 Å². The maximum atomic E-state index is 12.5. The van der Waals surface area contributed by atoms with Crippen molar-refractivity contribution in [1.29, 1.82) is 0 Å². The number of carbonyl (C=O) groups is 1. The normalized spacial score (nSPS) is 11.4. The van der Waals surface area contributed by atoms with Crippen LogP contribution in [0.5, 0.6) is 0 Å². The summed E-state index contributed by atoms with van der Waals surface area (Å²) in [6, 6.07) is 3.50. The van der Waals surface area contributed by atoms with Crippen LogP contribution in [-0.4, -0.2) is 39.8 Å². The summed E-state index contributed by atoms with van der Waals surface area (Å²) >= 11 is 0. The van der Waals surface area contributed by atoms with Crippen molar-refractivity contribution in [1.82, 2.24) is 19.5 Å². The number of hydrogen-bond acceptors (Lipinski definition) is 5. The minimum absolute atomic E-state index is 0.0224. The lowest BCUT2D eigenvalue weighted by molar-refractivity contribution is -0.121. The van der Waals surface area contributed by atoms with E-state index in [-0.39, 0.29) is 11.5 Å². The van der Waals surface area contributed by atoms with E-state index < -0.39 is 0 Å². The lowest BCUT2D eigenvalue weighted by Crippen LogP contribution is -2.27. The Labute approximate surface area is 144 Å². The standard InChI is InChI=1S/C17H22N4O4/c1-2-24-9-4-7-18-16(22)5-3-8-21-17(23)14-11-15-13(6-10-25-15)20(14)12-19-21/h6,10-12H,2-5,7-9H2,1H3,(H,18,22). The lowest BCUT2D eigenvalue weighted by Gasteiger charge is -2.07. The average Bonchev–Trinajstić information content (AvgIpc) is 3.18. The highest BCUT2D eigenvalue weighted by Crippen LogP contribution is 2.18. The molecule has 3 aromatic rings. The molecule has 0 aliphatic heterocycles. The van der Waals surface area contributed by atoms with Gasteiger partial charge in [0.2, 0.25) is 5.91 Å². The van der Waals surface area contributed by atoms with Crippen molar-refractivity contribution in [2.24, 2.45) is 0 Å². The second kappa shape index (κ2) is 7.98. The lowest BCUT2D eigenvalue weighted by atomic mass is 10.3. The van der Waals surface area contributed by atoms with Crippen LogP contribution in [0.1, 0.15) is 26.2 Å². The summed E-state index contributed by atoms with van der Waals surface area (Å²) < 4.78 is 13.6. The first-order valence-electron chi connectivity index (χ1n) is 8.49. The molecule has 25 heavy (non-hydrogen) atoms. The molecule has 0 aromatic carbocycles. The quantitative estimate of drug-likeness (QED) is 0.594. The summed E-state index contributed by atoms with van der Waals surface area (Å²) in [5.41, 5.74) is 1.80. The van der Waals surface area contributed by atoms with Crippen LogP contribution in [0.2, 0.25) is 0 Å². The third kappa shape index (κ3) is 3.90. The third-order valence-corrected chi connectivity index (χ3v) is 3.99. The highest BCUT2D eigenvalue weighted by Gasteiger charge is 2.11. The van der Waals surface area contributed by atoms with E-state index in [9.17, 15) is 9.59 Å². The van der Waals surface area contributed by atoms with Crippen LogP contribution < -0.4 is 10.9 Å². The molecule has 3 aromatic heterocycles. The van der Waals surface area contributed by atoms with E-state index in [0.29, 0.717) is 50.2 Å². The monoisotopic (exact) mass is 346 g/mol. The zero-order valence-electron chi connectivity index (χ0n) is 14.2. The smallest absolute Gasteiger partial charge is 0.291 e. The molecule has 8 heteroatoms. The number of furan rings is 1. The van der Waals surface area contributed by atoms with Crippen LogP contribution in [0.15, 0.2) is 33.9 Å². The number of amides is 1. The van der Waals surface area contributed by atoms with Crippen LogP contribution in [0.25, 0.3) is 16.6 Å². The topological polar surface area (TPSA) is 90.8 Å². The van der Waals surface area contributed by atoms with Crippen molar-refractivity contribution in [2.75, 3.05) is 19.8 Å². The van der Waals surface area contributed by atoms with Crippen LogP contribution in [0.4, 0.5) is 0 Å². The van der Waals surface area contributed by atoms with E-state index in [1.54, 1.807) is 29.1 Å². The van der Waals surface area contributed by atoms with Gasteiger partial charge in [0.1, 0.15) is 11.8 Å². The van der Waals surface area contributed by atoms with Crippen LogP contribution >= 0.6 is 0 Å². The summed E-state index contributed by atoms with van der Waals surface area (Å²) in [4.78, 5) is 24.2. The molecule has 0 saturated heterocycles. The second-order valence-corrected chi connectivity index (χ2v) is 5.73. The first kappa shape index (κ1) is 17.2. The molecule has 3 rings (SSSR count). The van der Waals surface area contributed by atoms with Gasteiger partial charge in [0.05, 0.1) is 11.8 Å². The van der Waals surface area contributed by atoms with Crippen molar-refractivity contribution in [3.63, 3.8) is 0 Å². The van der Waals surface area contributed by atoms with Gasteiger partial charge < -0.3 is 14.5 Å². The molecular formula is C17H22N4O4. The minimum atomic E-state index is -0.189. The van der Waals surface area contributed by atoms with Crippen LogP contribution in [0.3, 0.4) is 0 Å². The molecule has 0 aliphatic rings. The predicted octanol–water partition coefficient (Wildman–Crippen LogP) is 1.57. The Morgan fingerprint density at radius 1 is 1.36 bits per heavy atom. The molecule has 0 fully saturated rings. The fourth-order valence-electron chi connectivity index (χ4n) is 2.72. The van der Waals surface area contributed by atoms with Gasteiger partial charge in [-0.2, -0.15) is 5.10 Å². The van der Waals surface area contributed by atoms with Crippen molar-refractivity contribution >= 4 is 22.5 Å². The van der Waals surface area contributed by atoms with Gasteiger partial charge in [0, 0.05) is 44.9 Å². The molecule has 134 valence electrons. The predicted molar refractivity (Wildman–Crippen MR) is 92.6 cm³/mol. The number of nitrogens with one attached hydrogen (secondary N) is 1. The molecule has 0 radical (unpaired) electrons. The summed E-state index contributed by atoms with van der Waals surface area (Å²) in [7, 11) is 0. The Bertz CT molecular complexity index is 908. The molecule has 0 saturated carbocycles. The number of ether oxygens (including phenoxy) is 1. The molecule has 0 aliphatic carbocycles. The largest absolute Gasteiger partial charge is 0.463 e. The number of rotatable bonds is 9. The number of aryl methyl sites for hydroxylation is 1. The van der Waals surface area contributed by atoms with Crippen LogP contribution in [-0.2, 0) is 16.1 Å². The number of fused-ring (bicyclic) bond motifs is 3. The summed E-state index contributed by atoms with van der Waals surface area (Å²) in [6.07, 6.45) is 4.89. The van der Waals surface area contributed by atoms with Gasteiger partial charge in [0.15, 0.2) is 5.58 Å². The van der Waals surface area contributed by atoms with Crippen LogP contribution in [0, 0.1) is 0 Å². The molecule has 0 unspecified atom stereocenters. The van der Waals surface area contributed by atoms with Crippen molar-refractivity contribution in [3.05, 3.63) is 35.1 Å². The molecule has 8 nitrogen and oxygen atoms in total. The Hall–Kier alpha value is -2.61. The Kier molecular flexibility index (Phi) is 5.49. The van der Waals surface area contributed by atoms with E-state index >= 15 is 0 Å². The fourth-order valence-corrected chi connectivity index (χ4v) is 2.72. The molecule has 1 N–H and O–H groups in total. The van der Waals surface area contributed by atoms with Gasteiger partial charge in [-0.3, -0.25) is 14.0 Å². The average molecular weight is 346 g/mol. The molecule has 0 spiro atoms. The summed E-state index contributed by atoms with van der Waals surface area (Å²) in [5.74, 6) is -0.0224. The van der Waals surface area contributed by atoms with Gasteiger partial charge in [-0.15, -0.1) is 0 Å².